The van der Waals surface area contributed by atoms with E-state index >= 15 is 0 Å². The number of hydrogen-bond acceptors (Lipinski definition) is 5. The lowest BCUT2D eigenvalue weighted by Gasteiger charge is -2.36. The molecule has 2 atom stereocenters. The van der Waals surface area contributed by atoms with Crippen LogP contribution in [0.15, 0.2) is 54.9 Å². The van der Waals surface area contributed by atoms with Crippen molar-refractivity contribution in [1.82, 2.24) is 30.0 Å². The van der Waals surface area contributed by atoms with Crippen molar-refractivity contribution in [3.8, 4) is 11.3 Å². The summed E-state index contributed by atoms with van der Waals surface area (Å²) in [5, 5.41) is 11.2. The summed E-state index contributed by atoms with van der Waals surface area (Å²) >= 11 is 0. The maximum Gasteiger partial charge on any atom is 0.401 e. The van der Waals surface area contributed by atoms with E-state index < -0.39 is 18.8 Å². The topological polar surface area (TPSA) is 90.0 Å². The lowest BCUT2D eigenvalue weighted by Crippen LogP contribution is -2.48. The van der Waals surface area contributed by atoms with Gasteiger partial charge in [-0.2, -0.15) is 18.3 Å². The Labute approximate surface area is 210 Å². The fraction of sp³-hybridized carbons (Fsp3) is 0.308. The van der Waals surface area contributed by atoms with Crippen LogP contribution in [0.5, 0.6) is 0 Å². The predicted octanol–water partition coefficient (Wildman–Crippen LogP) is 4.71. The van der Waals surface area contributed by atoms with Crippen LogP contribution in [0.4, 0.5) is 23.7 Å². The summed E-state index contributed by atoms with van der Waals surface area (Å²) in [6.07, 6.45) is -0.886. The van der Waals surface area contributed by atoms with Crippen LogP contribution in [0, 0.1) is 6.92 Å². The first-order chi connectivity index (χ1) is 17.7. The van der Waals surface area contributed by atoms with Crippen LogP contribution in [0.3, 0.4) is 0 Å². The molecule has 0 radical (unpaired) electrons. The number of carbonyl (C=O) groups excluding carboxylic acids is 1. The molecule has 2 amide bonds. The average molecular weight is 508 g/mol. The predicted molar refractivity (Wildman–Crippen MR) is 132 cm³/mol. The highest BCUT2D eigenvalue weighted by atomic mass is 19.4. The van der Waals surface area contributed by atoms with E-state index in [2.05, 4.69) is 25.5 Å². The number of carbonyl (C=O) groups is 1. The van der Waals surface area contributed by atoms with Crippen molar-refractivity contribution in [2.24, 2.45) is 0 Å². The van der Waals surface area contributed by atoms with Crippen LogP contribution in [-0.2, 0) is 6.54 Å². The minimum atomic E-state index is -4.31. The molecule has 190 valence electrons. The van der Waals surface area contributed by atoms with Gasteiger partial charge in [0.2, 0.25) is 0 Å². The highest BCUT2D eigenvalue weighted by Gasteiger charge is 2.44. The number of aromatic amines is 1. The summed E-state index contributed by atoms with van der Waals surface area (Å²) in [5.74, 6) is 0.414. The Morgan fingerprint density at radius 2 is 1.84 bits per heavy atom. The van der Waals surface area contributed by atoms with Crippen molar-refractivity contribution in [3.63, 3.8) is 0 Å². The van der Waals surface area contributed by atoms with E-state index in [9.17, 15) is 18.0 Å². The number of halogens is 3. The Morgan fingerprint density at radius 3 is 2.57 bits per heavy atom. The van der Waals surface area contributed by atoms with Gasteiger partial charge in [0.1, 0.15) is 11.5 Å². The molecule has 4 aromatic rings. The third-order valence-corrected chi connectivity index (χ3v) is 7.08. The maximum absolute atomic E-state index is 13.2. The normalized spacial score (nSPS) is 20.3. The van der Waals surface area contributed by atoms with Gasteiger partial charge in [-0.1, -0.05) is 30.3 Å². The Hall–Kier alpha value is -3.99. The molecule has 11 heteroatoms. The number of rotatable bonds is 4. The van der Waals surface area contributed by atoms with Crippen LogP contribution in [-0.4, -0.2) is 67.8 Å². The van der Waals surface area contributed by atoms with E-state index in [0.717, 1.165) is 27.6 Å². The van der Waals surface area contributed by atoms with Crippen molar-refractivity contribution >= 4 is 22.6 Å². The number of likely N-dealkylation sites (tertiary alicyclic amines) is 1. The zero-order chi connectivity index (χ0) is 25.7. The van der Waals surface area contributed by atoms with Gasteiger partial charge in [0, 0.05) is 54.6 Å². The highest BCUT2D eigenvalue weighted by molar-refractivity contribution is 6.00. The summed E-state index contributed by atoms with van der Waals surface area (Å²) in [5.41, 5.74) is 4.65. The summed E-state index contributed by atoms with van der Waals surface area (Å²) in [4.78, 5) is 24.8. The van der Waals surface area contributed by atoms with Crippen LogP contribution in [0.2, 0.25) is 0 Å². The van der Waals surface area contributed by atoms with Crippen molar-refractivity contribution in [2.45, 2.75) is 31.6 Å². The molecule has 4 heterocycles. The monoisotopic (exact) mass is 507 g/mol. The molecular formula is C26H24F3N7O. The molecule has 1 fully saturated rings. The zero-order valence-electron chi connectivity index (χ0n) is 20.0. The van der Waals surface area contributed by atoms with Gasteiger partial charge in [-0.15, -0.1) is 0 Å². The van der Waals surface area contributed by atoms with Gasteiger partial charge in [0.15, 0.2) is 0 Å². The van der Waals surface area contributed by atoms with E-state index in [0.29, 0.717) is 17.2 Å². The van der Waals surface area contributed by atoms with Crippen LogP contribution in [0.1, 0.15) is 22.9 Å². The molecule has 0 spiro atoms. The quantitative estimate of drug-likeness (QED) is 0.418. The van der Waals surface area contributed by atoms with Gasteiger partial charge >= 0.3 is 12.2 Å². The molecule has 8 nitrogen and oxygen atoms in total. The molecule has 2 aliphatic rings. The molecule has 0 aliphatic carbocycles. The number of amides is 2. The largest absolute Gasteiger partial charge is 0.401 e. The fourth-order valence-electron chi connectivity index (χ4n) is 5.39. The number of urea groups is 1. The molecule has 0 bridgehead atoms. The summed E-state index contributed by atoms with van der Waals surface area (Å²) in [6, 6.07) is 12.5. The number of anilines is 1. The number of nitrogens with one attached hydrogen (secondary N) is 2. The molecule has 2 N–H and O–H groups in total. The number of benzene rings is 2. The van der Waals surface area contributed by atoms with Crippen LogP contribution < -0.4 is 5.32 Å². The number of nitrogens with zero attached hydrogens (tertiary/aromatic N) is 5. The Balaban J connectivity index is 1.34. The third kappa shape index (κ3) is 4.50. The second kappa shape index (κ2) is 8.84. The second-order valence-electron chi connectivity index (χ2n) is 9.60. The molecule has 1 unspecified atom stereocenters. The van der Waals surface area contributed by atoms with Crippen LogP contribution >= 0.6 is 0 Å². The van der Waals surface area contributed by atoms with Gasteiger partial charge in [0.25, 0.3) is 0 Å². The van der Waals surface area contributed by atoms with E-state index in [-0.39, 0.29) is 31.6 Å². The standard InChI is InChI=1S/C26H24F3N7O/c1-15-30-9-18(10-31-15)24-19-7-17-11-36(25(37)32-21(17)8-22(19)33-34-24)23-13-35(14-26(27,28)29)12-20(23)16-5-3-2-4-6-16/h2-10,20,23H,11-14H2,1H3,(H,32,37)(H,33,34)/t20?,23-/m1/s1. The lowest BCUT2D eigenvalue weighted by atomic mass is 9.92. The fourth-order valence-corrected chi connectivity index (χ4v) is 5.39. The summed E-state index contributed by atoms with van der Waals surface area (Å²) in [6.45, 7) is 1.45. The highest BCUT2D eigenvalue weighted by Crippen LogP contribution is 2.38. The van der Waals surface area contributed by atoms with Gasteiger partial charge < -0.3 is 10.2 Å². The first kappa shape index (κ1) is 23.4. The van der Waals surface area contributed by atoms with Crippen LogP contribution in [0.25, 0.3) is 22.2 Å². The van der Waals surface area contributed by atoms with E-state index in [4.69, 9.17) is 0 Å². The number of H-pyrrole nitrogens is 1. The van der Waals surface area contributed by atoms with Crippen molar-refractivity contribution in [3.05, 3.63) is 71.8 Å². The molecule has 2 aromatic carbocycles. The molecule has 0 saturated carbocycles. The first-order valence-corrected chi connectivity index (χ1v) is 12.0. The Kier molecular flexibility index (Phi) is 5.59. The van der Waals surface area contributed by atoms with Crippen molar-refractivity contribution < 1.29 is 18.0 Å². The van der Waals surface area contributed by atoms with E-state index in [1.807, 2.05) is 49.4 Å². The molecule has 2 aliphatic heterocycles. The lowest BCUT2D eigenvalue weighted by molar-refractivity contribution is -0.143. The first-order valence-electron chi connectivity index (χ1n) is 12.0. The number of hydrogen-bond donors (Lipinski definition) is 2. The number of fused-ring (bicyclic) bond motifs is 2. The number of aromatic nitrogens is 4. The smallest absolute Gasteiger partial charge is 0.315 e. The minimum absolute atomic E-state index is 0.141. The average Bonchev–Trinajstić information content (AvgIpc) is 3.46. The molecule has 1 saturated heterocycles. The summed E-state index contributed by atoms with van der Waals surface area (Å²) in [7, 11) is 0. The van der Waals surface area contributed by atoms with Gasteiger partial charge in [-0.3, -0.25) is 10.00 Å². The summed E-state index contributed by atoms with van der Waals surface area (Å²) < 4.78 is 39.7. The zero-order valence-corrected chi connectivity index (χ0v) is 20.0. The number of aryl methyl sites for hydroxylation is 1. The Morgan fingerprint density at radius 1 is 1.08 bits per heavy atom. The molecule has 37 heavy (non-hydrogen) atoms. The molecule has 6 rings (SSSR count). The second-order valence-corrected chi connectivity index (χ2v) is 9.60. The number of alkyl halides is 3. The van der Waals surface area contributed by atoms with E-state index in [1.165, 1.54) is 4.90 Å². The van der Waals surface area contributed by atoms with Crippen molar-refractivity contribution in [1.29, 1.82) is 0 Å². The maximum atomic E-state index is 13.2. The SMILES string of the molecule is Cc1ncc(-c2n[nH]c3cc4c(cc23)CN([C@@H]2CN(CC(F)(F)F)CC2c2ccccc2)C(=O)N4)cn1. The van der Waals surface area contributed by atoms with Gasteiger partial charge in [-0.05, 0) is 30.2 Å². The third-order valence-electron chi connectivity index (χ3n) is 7.08. The minimum Gasteiger partial charge on any atom is -0.315 e. The molecular weight excluding hydrogens is 483 g/mol. The van der Waals surface area contributed by atoms with Crippen molar-refractivity contribution in [2.75, 3.05) is 25.0 Å². The van der Waals surface area contributed by atoms with Gasteiger partial charge in [-0.25, -0.2) is 14.8 Å². The molecule has 2 aromatic heterocycles. The van der Waals surface area contributed by atoms with E-state index in [1.54, 1.807) is 17.3 Å². The Bertz CT molecular complexity index is 1450. The van der Waals surface area contributed by atoms with Gasteiger partial charge in [0.05, 0.1) is 18.1 Å².